The molecule has 0 spiro atoms. The second-order valence-corrected chi connectivity index (χ2v) is 5.88. The van der Waals surface area contributed by atoms with Crippen molar-refractivity contribution in [2.45, 2.75) is 25.7 Å². The molecule has 4 nitrogen and oxygen atoms in total. The van der Waals surface area contributed by atoms with Crippen molar-refractivity contribution in [3.05, 3.63) is 35.4 Å². The molecule has 4 heteroatoms. The van der Waals surface area contributed by atoms with Gasteiger partial charge in [-0.05, 0) is 61.8 Å². The Morgan fingerprint density at radius 1 is 0.800 bits per heavy atom. The van der Waals surface area contributed by atoms with E-state index in [0.717, 1.165) is 13.1 Å². The molecule has 0 radical (unpaired) electrons. The largest absolute Gasteiger partial charge is 0.352 e. The van der Waals surface area contributed by atoms with Crippen molar-refractivity contribution >= 4 is 11.8 Å². The SMILES string of the molecule is O=C(NCC1CC1)c1ccc(C(=O)NCC2CC2)cc1. The lowest BCUT2D eigenvalue weighted by Crippen LogP contribution is -2.27. The lowest BCUT2D eigenvalue weighted by Gasteiger charge is -2.06. The summed E-state index contributed by atoms with van der Waals surface area (Å²) in [6.07, 6.45) is 4.89. The quantitative estimate of drug-likeness (QED) is 0.831. The average Bonchev–Trinajstić information content (AvgIpc) is 3.37. The summed E-state index contributed by atoms with van der Waals surface area (Å²) in [7, 11) is 0. The number of amides is 2. The fourth-order valence-corrected chi connectivity index (χ4v) is 2.10. The number of carbonyl (C=O) groups excluding carboxylic acids is 2. The molecule has 2 saturated carbocycles. The Kier molecular flexibility index (Phi) is 3.72. The minimum atomic E-state index is -0.0539. The second-order valence-electron chi connectivity index (χ2n) is 5.88. The van der Waals surface area contributed by atoms with Crippen LogP contribution in [0.2, 0.25) is 0 Å². The van der Waals surface area contributed by atoms with Crippen LogP contribution in [0.5, 0.6) is 0 Å². The predicted octanol–water partition coefficient (Wildman–Crippen LogP) is 1.97. The fraction of sp³-hybridized carbons (Fsp3) is 0.500. The third-order valence-corrected chi connectivity index (χ3v) is 3.91. The van der Waals surface area contributed by atoms with Crippen molar-refractivity contribution in [2.24, 2.45) is 11.8 Å². The summed E-state index contributed by atoms with van der Waals surface area (Å²) in [6, 6.07) is 6.87. The van der Waals surface area contributed by atoms with Gasteiger partial charge in [-0.1, -0.05) is 0 Å². The Hall–Kier alpha value is -1.84. The van der Waals surface area contributed by atoms with Crippen molar-refractivity contribution < 1.29 is 9.59 Å². The van der Waals surface area contributed by atoms with Gasteiger partial charge in [0.1, 0.15) is 0 Å². The van der Waals surface area contributed by atoms with Crippen molar-refractivity contribution in [1.82, 2.24) is 10.6 Å². The standard InChI is InChI=1S/C16H20N2O2/c19-15(17-9-11-1-2-11)13-5-7-14(8-6-13)16(20)18-10-12-3-4-12/h5-8,11-12H,1-4,9-10H2,(H,17,19)(H,18,20). The van der Waals surface area contributed by atoms with Gasteiger partial charge in [-0.2, -0.15) is 0 Å². The van der Waals surface area contributed by atoms with E-state index in [4.69, 9.17) is 0 Å². The molecule has 2 aliphatic carbocycles. The zero-order chi connectivity index (χ0) is 13.9. The van der Waals surface area contributed by atoms with Crippen molar-refractivity contribution in [3.63, 3.8) is 0 Å². The monoisotopic (exact) mass is 272 g/mol. The lowest BCUT2D eigenvalue weighted by molar-refractivity contribution is 0.0940. The van der Waals surface area contributed by atoms with Crippen LogP contribution >= 0.6 is 0 Å². The zero-order valence-electron chi connectivity index (χ0n) is 11.5. The van der Waals surface area contributed by atoms with Crippen LogP contribution in [0.4, 0.5) is 0 Å². The molecule has 0 aliphatic heterocycles. The van der Waals surface area contributed by atoms with E-state index in [1.165, 1.54) is 25.7 Å². The van der Waals surface area contributed by atoms with E-state index in [2.05, 4.69) is 10.6 Å². The highest BCUT2D eigenvalue weighted by molar-refractivity contribution is 5.97. The molecule has 0 atom stereocenters. The minimum Gasteiger partial charge on any atom is -0.352 e. The van der Waals surface area contributed by atoms with E-state index in [1.54, 1.807) is 24.3 Å². The smallest absolute Gasteiger partial charge is 0.251 e. The molecule has 2 fully saturated rings. The van der Waals surface area contributed by atoms with Crippen LogP contribution in [-0.4, -0.2) is 24.9 Å². The molecule has 2 amide bonds. The van der Waals surface area contributed by atoms with Crippen molar-refractivity contribution in [3.8, 4) is 0 Å². The van der Waals surface area contributed by atoms with Crippen LogP contribution in [0.15, 0.2) is 24.3 Å². The van der Waals surface area contributed by atoms with Gasteiger partial charge >= 0.3 is 0 Å². The Morgan fingerprint density at radius 2 is 1.15 bits per heavy atom. The summed E-state index contributed by atoms with van der Waals surface area (Å²) >= 11 is 0. The van der Waals surface area contributed by atoms with E-state index < -0.39 is 0 Å². The second kappa shape index (κ2) is 5.65. The van der Waals surface area contributed by atoms with Crippen LogP contribution in [0.25, 0.3) is 0 Å². The van der Waals surface area contributed by atoms with Crippen LogP contribution < -0.4 is 10.6 Å². The van der Waals surface area contributed by atoms with Gasteiger partial charge in [-0.3, -0.25) is 9.59 Å². The van der Waals surface area contributed by atoms with Crippen LogP contribution in [0.3, 0.4) is 0 Å². The summed E-state index contributed by atoms with van der Waals surface area (Å²) < 4.78 is 0. The molecule has 0 heterocycles. The first kappa shape index (κ1) is 13.2. The van der Waals surface area contributed by atoms with Crippen molar-refractivity contribution in [1.29, 1.82) is 0 Å². The molecular weight excluding hydrogens is 252 g/mol. The maximum atomic E-state index is 11.9. The van der Waals surface area contributed by atoms with E-state index in [0.29, 0.717) is 23.0 Å². The first-order chi connectivity index (χ1) is 9.72. The first-order valence-electron chi connectivity index (χ1n) is 7.39. The van der Waals surface area contributed by atoms with Gasteiger partial charge in [0.2, 0.25) is 0 Å². The molecule has 0 aromatic heterocycles. The van der Waals surface area contributed by atoms with Gasteiger partial charge in [0.05, 0.1) is 0 Å². The molecule has 2 aliphatic rings. The summed E-state index contributed by atoms with van der Waals surface area (Å²) in [5.74, 6) is 1.24. The van der Waals surface area contributed by atoms with E-state index in [9.17, 15) is 9.59 Å². The fourth-order valence-electron chi connectivity index (χ4n) is 2.10. The maximum Gasteiger partial charge on any atom is 0.251 e. The van der Waals surface area contributed by atoms with Crippen molar-refractivity contribution in [2.75, 3.05) is 13.1 Å². The lowest BCUT2D eigenvalue weighted by atomic mass is 10.1. The molecule has 0 bridgehead atoms. The van der Waals surface area contributed by atoms with Gasteiger partial charge in [0.15, 0.2) is 0 Å². The molecule has 3 rings (SSSR count). The van der Waals surface area contributed by atoms with Gasteiger partial charge in [-0.25, -0.2) is 0 Å². The average molecular weight is 272 g/mol. The molecule has 0 saturated heterocycles. The van der Waals surface area contributed by atoms with Crippen LogP contribution in [0.1, 0.15) is 46.4 Å². The topological polar surface area (TPSA) is 58.2 Å². The first-order valence-corrected chi connectivity index (χ1v) is 7.39. The summed E-state index contributed by atoms with van der Waals surface area (Å²) in [5, 5.41) is 5.84. The van der Waals surface area contributed by atoms with Crippen LogP contribution in [-0.2, 0) is 0 Å². The summed E-state index contributed by atoms with van der Waals surface area (Å²) in [5.41, 5.74) is 1.23. The number of hydrogen-bond donors (Lipinski definition) is 2. The van der Waals surface area contributed by atoms with Gasteiger partial charge in [-0.15, -0.1) is 0 Å². The zero-order valence-corrected chi connectivity index (χ0v) is 11.5. The highest BCUT2D eigenvalue weighted by atomic mass is 16.2. The molecule has 1 aromatic rings. The van der Waals surface area contributed by atoms with E-state index in [-0.39, 0.29) is 11.8 Å². The Bertz CT molecular complexity index is 455. The number of nitrogens with one attached hydrogen (secondary N) is 2. The number of hydrogen-bond acceptors (Lipinski definition) is 2. The van der Waals surface area contributed by atoms with Gasteiger partial charge in [0, 0.05) is 24.2 Å². The molecule has 106 valence electrons. The third-order valence-electron chi connectivity index (χ3n) is 3.91. The highest BCUT2D eigenvalue weighted by Crippen LogP contribution is 2.28. The van der Waals surface area contributed by atoms with Crippen LogP contribution in [0, 0.1) is 11.8 Å². The molecule has 0 unspecified atom stereocenters. The summed E-state index contributed by atoms with van der Waals surface area (Å²) in [4.78, 5) is 23.7. The predicted molar refractivity (Wildman–Crippen MR) is 76.6 cm³/mol. The van der Waals surface area contributed by atoms with E-state index in [1.807, 2.05) is 0 Å². The number of carbonyl (C=O) groups is 2. The van der Waals surface area contributed by atoms with E-state index >= 15 is 0 Å². The molecular formula is C16H20N2O2. The Balaban J connectivity index is 1.52. The summed E-state index contributed by atoms with van der Waals surface area (Å²) in [6.45, 7) is 1.53. The third kappa shape index (κ3) is 3.59. The van der Waals surface area contributed by atoms with Gasteiger partial charge < -0.3 is 10.6 Å². The normalized spacial score (nSPS) is 17.6. The maximum absolute atomic E-state index is 11.9. The van der Waals surface area contributed by atoms with Gasteiger partial charge in [0.25, 0.3) is 11.8 Å². The molecule has 1 aromatic carbocycles. The molecule has 20 heavy (non-hydrogen) atoms. The highest BCUT2D eigenvalue weighted by Gasteiger charge is 2.22. The number of benzene rings is 1. The number of rotatable bonds is 6. The minimum absolute atomic E-state index is 0.0539. The molecule has 2 N–H and O–H groups in total. The Labute approximate surface area is 118 Å². The Morgan fingerprint density at radius 3 is 1.45 bits per heavy atom.